The van der Waals surface area contributed by atoms with Crippen LogP contribution in [0.25, 0.3) is 0 Å². The third-order valence-corrected chi connectivity index (χ3v) is 1.39. The second kappa shape index (κ2) is 2.50. The Morgan fingerprint density at radius 1 is 1.67 bits per heavy atom. The smallest absolute Gasteiger partial charge is 0.155 e. The lowest BCUT2D eigenvalue weighted by Crippen LogP contribution is -1.80. The van der Waals surface area contributed by atoms with Crippen LogP contribution in [0.1, 0.15) is 19.3 Å². The van der Waals surface area contributed by atoms with Gasteiger partial charge in [-0.3, -0.25) is 4.79 Å². The van der Waals surface area contributed by atoms with E-state index in [0.717, 1.165) is 12.0 Å². The zero-order valence-electron chi connectivity index (χ0n) is 5.18. The summed E-state index contributed by atoms with van der Waals surface area (Å²) in [6, 6.07) is 0. The minimum Gasteiger partial charge on any atom is -0.295 e. The SMILES string of the molecule is C#CCC1=CC(=O)CC1. The van der Waals surface area contributed by atoms with Gasteiger partial charge in [0.1, 0.15) is 0 Å². The van der Waals surface area contributed by atoms with Crippen molar-refractivity contribution in [1.29, 1.82) is 0 Å². The minimum atomic E-state index is 0.222. The van der Waals surface area contributed by atoms with Crippen molar-refractivity contribution in [2.75, 3.05) is 0 Å². The number of allylic oxidation sites excluding steroid dienone is 2. The van der Waals surface area contributed by atoms with Gasteiger partial charge in [0.15, 0.2) is 5.78 Å². The second-order valence-electron chi connectivity index (χ2n) is 2.15. The summed E-state index contributed by atoms with van der Waals surface area (Å²) in [5, 5.41) is 0. The van der Waals surface area contributed by atoms with Gasteiger partial charge in [0.05, 0.1) is 0 Å². The van der Waals surface area contributed by atoms with Crippen LogP contribution in [0.4, 0.5) is 0 Å². The molecule has 0 radical (unpaired) electrons. The molecule has 0 aromatic rings. The normalized spacial score (nSPS) is 17.2. The molecule has 0 aromatic heterocycles. The Balaban J connectivity index is 2.54. The van der Waals surface area contributed by atoms with Crippen LogP contribution in [-0.4, -0.2) is 5.78 Å². The number of hydrogen-bond donors (Lipinski definition) is 0. The van der Waals surface area contributed by atoms with Gasteiger partial charge in [0.2, 0.25) is 0 Å². The van der Waals surface area contributed by atoms with Crippen LogP contribution in [0.5, 0.6) is 0 Å². The van der Waals surface area contributed by atoms with Gasteiger partial charge in [-0.1, -0.05) is 5.57 Å². The molecule has 0 aromatic carbocycles. The monoisotopic (exact) mass is 120 g/mol. The van der Waals surface area contributed by atoms with E-state index in [-0.39, 0.29) is 5.78 Å². The van der Waals surface area contributed by atoms with Crippen molar-refractivity contribution in [3.63, 3.8) is 0 Å². The Labute approximate surface area is 54.8 Å². The summed E-state index contributed by atoms with van der Waals surface area (Å²) in [6.07, 6.45) is 8.90. The zero-order valence-corrected chi connectivity index (χ0v) is 5.18. The van der Waals surface area contributed by atoms with Gasteiger partial charge < -0.3 is 0 Å². The molecule has 0 amide bonds. The molecule has 46 valence electrons. The topological polar surface area (TPSA) is 17.1 Å². The summed E-state index contributed by atoms with van der Waals surface area (Å²) < 4.78 is 0. The number of ketones is 1. The van der Waals surface area contributed by atoms with E-state index in [1.165, 1.54) is 0 Å². The molecular weight excluding hydrogens is 112 g/mol. The van der Waals surface area contributed by atoms with Gasteiger partial charge in [-0.15, -0.1) is 12.3 Å². The fourth-order valence-corrected chi connectivity index (χ4v) is 0.926. The van der Waals surface area contributed by atoms with Gasteiger partial charge in [0.25, 0.3) is 0 Å². The molecule has 1 nitrogen and oxygen atoms in total. The van der Waals surface area contributed by atoms with E-state index in [4.69, 9.17) is 6.42 Å². The van der Waals surface area contributed by atoms with Crippen LogP contribution in [0.15, 0.2) is 11.6 Å². The summed E-state index contributed by atoms with van der Waals surface area (Å²) in [5.74, 6) is 2.73. The van der Waals surface area contributed by atoms with Crippen LogP contribution in [0.3, 0.4) is 0 Å². The maximum Gasteiger partial charge on any atom is 0.155 e. The van der Waals surface area contributed by atoms with Crippen molar-refractivity contribution in [2.45, 2.75) is 19.3 Å². The number of hydrogen-bond acceptors (Lipinski definition) is 1. The molecule has 0 saturated heterocycles. The van der Waals surface area contributed by atoms with Gasteiger partial charge in [-0.05, 0) is 12.5 Å². The Morgan fingerprint density at radius 2 is 2.44 bits per heavy atom. The fraction of sp³-hybridized carbons (Fsp3) is 0.375. The zero-order chi connectivity index (χ0) is 6.69. The number of carbonyl (C=O) groups excluding carboxylic acids is 1. The Hall–Kier alpha value is -1.03. The van der Waals surface area contributed by atoms with E-state index in [2.05, 4.69) is 5.92 Å². The molecule has 0 fully saturated rings. The first-order chi connectivity index (χ1) is 4.33. The van der Waals surface area contributed by atoms with Crippen LogP contribution < -0.4 is 0 Å². The molecule has 0 N–H and O–H groups in total. The highest BCUT2D eigenvalue weighted by molar-refractivity contribution is 5.93. The average molecular weight is 120 g/mol. The maximum absolute atomic E-state index is 10.6. The third kappa shape index (κ3) is 1.43. The van der Waals surface area contributed by atoms with E-state index in [9.17, 15) is 4.79 Å². The number of rotatable bonds is 1. The quantitative estimate of drug-likeness (QED) is 0.477. The molecule has 9 heavy (non-hydrogen) atoms. The molecule has 0 aliphatic heterocycles. The van der Waals surface area contributed by atoms with Gasteiger partial charge in [-0.2, -0.15) is 0 Å². The lowest BCUT2D eigenvalue weighted by Gasteiger charge is -1.87. The molecule has 0 heterocycles. The van der Waals surface area contributed by atoms with Crippen molar-refractivity contribution < 1.29 is 4.79 Å². The largest absolute Gasteiger partial charge is 0.295 e. The minimum absolute atomic E-state index is 0.222. The molecule has 0 bridgehead atoms. The van der Waals surface area contributed by atoms with Crippen molar-refractivity contribution in [3.05, 3.63) is 11.6 Å². The van der Waals surface area contributed by atoms with Crippen molar-refractivity contribution in [3.8, 4) is 12.3 Å². The van der Waals surface area contributed by atoms with Crippen LogP contribution in [-0.2, 0) is 4.79 Å². The summed E-state index contributed by atoms with van der Waals surface area (Å²) in [5.41, 5.74) is 1.11. The van der Waals surface area contributed by atoms with Gasteiger partial charge in [0, 0.05) is 12.8 Å². The summed E-state index contributed by atoms with van der Waals surface area (Å²) in [7, 11) is 0. The van der Waals surface area contributed by atoms with Crippen molar-refractivity contribution in [2.24, 2.45) is 0 Å². The first kappa shape index (κ1) is 6.10. The van der Waals surface area contributed by atoms with E-state index in [1.54, 1.807) is 6.08 Å². The third-order valence-electron chi connectivity index (χ3n) is 1.39. The Bertz CT molecular complexity index is 193. The van der Waals surface area contributed by atoms with Crippen LogP contribution in [0.2, 0.25) is 0 Å². The van der Waals surface area contributed by atoms with E-state index in [0.29, 0.717) is 12.8 Å². The van der Waals surface area contributed by atoms with Gasteiger partial charge in [-0.25, -0.2) is 0 Å². The Morgan fingerprint density at radius 3 is 2.89 bits per heavy atom. The molecule has 0 spiro atoms. The molecule has 0 atom stereocenters. The second-order valence-corrected chi connectivity index (χ2v) is 2.15. The maximum atomic E-state index is 10.6. The van der Waals surface area contributed by atoms with Crippen LogP contribution in [0, 0.1) is 12.3 Å². The predicted octanol–water partition coefficient (Wildman–Crippen LogP) is 1.30. The lowest BCUT2D eigenvalue weighted by atomic mass is 10.2. The average Bonchev–Trinajstić information content (AvgIpc) is 2.17. The van der Waals surface area contributed by atoms with E-state index in [1.807, 2.05) is 0 Å². The highest BCUT2D eigenvalue weighted by Gasteiger charge is 2.09. The van der Waals surface area contributed by atoms with E-state index >= 15 is 0 Å². The first-order valence-electron chi connectivity index (χ1n) is 2.98. The fourth-order valence-electron chi connectivity index (χ4n) is 0.926. The number of carbonyl (C=O) groups is 1. The standard InChI is InChI=1S/C8H8O/c1-2-3-7-4-5-8(9)6-7/h1,6H,3-5H2. The summed E-state index contributed by atoms with van der Waals surface area (Å²) in [6.45, 7) is 0. The van der Waals surface area contributed by atoms with Crippen molar-refractivity contribution >= 4 is 5.78 Å². The highest BCUT2D eigenvalue weighted by Crippen LogP contribution is 2.16. The molecular formula is C8H8O. The molecule has 0 saturated carbocycles. The highest BCUT2D eigenvalue weighted by atomic mass is 16.1. The molecule has 0 unspecified atom stereocenters. The molecule has 1 aliphatic rings. The molecule has 1 aliphatic carbocycles. The summed E-state index contributed by atoms with van der Waals surface area (Å²) >= 11 is 0. The molecule has 1 heteroatoms. The van der Waals surface area contributed by atoms with E-state index < -0.39 is 0 Å². The predicted molar refractivity (Wildman–Crippen MR) is 35.8 cm³/mol. The number of terminal acetylenes is 1. The summed E-state index contributed by atoms with van der Waals surface area (Å²) in [4.78, 5) is 10.6. The lowest BCUT2D eigenvalue weighted by molar-refractivity contribution is -0.114. The first-order valence-corrected chi connectivity index (χ1v) is 2.98. The van der Waals surface area contributed by atoms with Crippen LogP contribution >= 0.6 is 0 Å². The van der Waals surface area contributed by atoms with Crippen molar-refractivity contribution in [1.82, 2.24) is 0 Å². The Kier molecular flexibility index (Phi) is 1.69. The molecule has 1 rings (SSSR count). The van der Waals surface area contributed by atoms with Gasteiger partial charge >= 0.3 is 0 Å².